The molecule has 0 aliphatic heterocycles. The number of aromatic nitrogens is 5. The van der Waals surface area contributed by atoms with Gasteiger partial charge in [0.1, 0.15) is 5.82 Å². The van der Waals surface area contributed by atoms with Crippen LogP contribution in [0.25, 0.3) is 0 Å². The van der Waals surface area contributed by atoms with Gasteiger partial charge in [-0.1, -0.05) is 29.4 Å². The van der Waals surface area contributed by atoms with E-state index in [4.69, 9.17) is 9.57 Å². The lowest BCUT2D eigenvalue weighted by atomic mass is 10.1. The van der Waals surface area contributed by atoms with E-state index in [0.717, 1.165) is 11.1 Å². The monoisotopic (exact) mass is 453 g/mol. The maximum absolute atomic E-state index is 11.8. The minimum Gasteiger partial charge on any atom is -0.465 e. The molecule has 0 aliphatic carbocycles. The van der Waals surface area contributed by atoms with Crippen LogP contribution in [0.1, 0.15) is 43.4 Å². The van der Waals surface area contributed by atoms with Gasteiger partial charge in [0.05, 0.1) is 12.3 Å². The molecule has 11 heteroatoms. The molecule has 0 saturated carbocycles. The highest BCUT2D eigenvalue weighted by Gasteiger charge is 2.29. The highest BCUT2D eigenvalue weighted by molar-refractivity contribution is 6.10. The number of anilines is 1. The number of carbonyl (C=O) groups is 1. The van der Waals surface area contributed by atoms with Crippen molar-refractivity contribution in [2.24, 2.45) is 12.2 Å². The number of rotatable bonds is 8. The van der Waals surface area contributed by atoms with Gasteiger partial charge in [-0.25, -0.2) is 14.5 Å². The van der Waals surface area contributed by atoms with Crippen LogP contribution in [0.15, 0.2) is 47.6 Å². The van der Waals surface area contributed by atoms with Gasteiger partial charge in [-0.3, -0.25) is 4.90 Å². The van der Waals surface area contributed by atoms with Gasteiger partial charge in [0.2, 0.25) is 5.82 Å². The molecule has 174 valence electrons. The quantitative estimate of drug-likeness (QED) is 0.407. The Labute approximate surface area is 191 Å². The molecule has 0 bridgehead atoms. The van der Waals surface area contributed by atoms with Crippen molar-refractivity contribution in [1.82, 2.24) is 25.2 Å². The zero-order valence-electron chi connectivity index (χ0n) is 19.3. The molecule has 0 spiro atoms. The summed E-state index contributed by atoms with van der Waals surface area (Å²) in [7, 11) is 3.34. The number of benzene rings is 1. The predicted octanol–water partition coefficient (Wildman–Crippen LogP) is 3.00. The van der Waals surface area contributed by atoms with Gasteiger partial charge in [-0.15, -0.1) is 5.10 Å². The zero-order valence-corrected chi connectivity index (χ0v) is 19.3. The first-order valence-corrected chi connectivity index (χ1v) is 10.2. The molecule has 0 unspecified atom stereocenters. The molecule has 0 atom stereocenters. The maximum atomic E-state index is 11.8. The second-order valence-electron chi connectivity index (χ2n) is 8.25. The largest absolute Gasteiger partial charge is 0.465 e. The molecular weight excluding hydrogens is 426 g/mol. The lowest BCUT2D eigenvalue weighted by Gasteiger charge is -2.32. The van der Waals surface area contributed by atoms with Gasteiger partial charge < -0.3 is 14.7 Å². The fourth-order valence-corrected chi connectivity index (χ4v) is 3.19. The summed E-state index contributed by atoms with van der Waals surface area (Å²) in [5, 5.41) is 25.5. The van der Waals surface area contributed by atoms with Crippen molar-refractivity contribution < 1.29 is 19.5 Å². The zero-order chi connectivity index (χ0) is 24.0. The van der Waals surface area contributed by atoms with E-state index in [9.17, 15) is 9.90 Å². The summed E-state index contributed by atoms with van der Waals surface area (Å²) in [6.07, 6.45) is -1.08. The van der Waals surface area contributed by atoms with Crippen LogP contribution >= 0.6 is 0 Å². The Morgan fingerprint density at radius 3 is 2.58 bits per heavy atom. The van der Waals surface area contributed by atoms with E-state index in [1.54, 1.807) is 53.1 Å². The lowest BCUT2D eigenvalue weighted by molar-refractivity contribution is 0.128. The van der Waals surface area contributed by atoms with Crippen molar-refractivity contribution in [3.63, 3.8) is 0 Å². The Kier molecular flexibility index (Phi) is 7.34. The number of amides is 1. The molecule has 2 aromatic heterocycles. The van der Waals surface area contributed by atoms with Gasteiger partial charge >= 0.3 is 6.09 Å². The molecule has 1 N–H and O–H groups in total. The van der Waals surface area contributed by atoms with E-state index in [-0.39, 0.29) is 6.61 Å². The van der Waals surface area contributed by atoms with E-state index in [1.807, 2.05) is 24.3 Å². The van der Waals surface area contributed by atoms with Crippen molar-refractivity contribution in [2.75, 3.05) is 12.0 Å². The summed E-state index contributed by atoms with van der Waals surface area (Å²) in [5.41, 5.74) is 2.03. The molecule has 2 heterocycles. The van der Waals surface area contributed by atoms with E-state index in [2.05, 4.69) is 25.7 Å². The smallest absolute Gasteiger partial charge is 0.413 e. The third-order valence-electron chi connectivity index (χ3n) is 4.59. The van der Waals surface area contributed by atoms with Gasteiger partial charge in [-0.05, 0) is 55.0 Å². The van der Waals surface area contributed by atoms with Crippen LogP contribution in [0.2, 0.25) is 0 Å². The molecule has 0 fully saturated rings. The topological polar surface area (TPSA) is 128 Å². The summed E-state index contributed by atoms with van der Waals surface area (Å²) in [4.78, 5) is 23.0. The first-order valence-electron chi connectivity index (χ1n) is 10.2. The average Bonchev–Trinajstić information content (AvgIpc) is 3.16. The number of oxime groups is 1. The average molecular weight is 454 g/mol. The Balaban J connectivity index is 1.87. The SMILES string of the molecule is COCc1cccc(/C(=N\OCc2cccc(N(C(=O)O)C(C)(C)C)n2)c2nnnn2C)c1. The molecule has 0 saturated heterocycles. The number of ether oxygens (including phenoxy) is 1. The highest BCUT2D eigenvalue weighted by atomic mass is 16.6. The third kappa shape index (κ3) is 5.89. The summed E-state index contributed by atoms with van der Waals surface area (Å²) in [6, 6.07) is 12.7. The minimum absolute atomic E-state index is 0.0258. The molecule has 3 aromatic rings. The number of methoxy groups -OCH3 is 1. The second-order valence-corrected chi connectivity index (χ2v) is 8.25. The van der Waals surface area contributed by atoms with Gasteiger partial charge in [0.25, 0.3) is 0 Å². The number of tetrazole rings is 1. The first kappa shape index (κ1) is 23.8. The molecule has 1 aromatic carbocycles. The van der Waals surface area contributed by atoms with Crippen LogP contribution in [0, 0.1) is 0 Å². The Morgan fingerprint density at radius 2 is 1.94 bits per heavy atom. The number of aryl methyl sites for hydroxylation is 1. The van der Waals surface area contributed by atoms with Crippen molar-refractivity contribution >= 4 is 17.6 Å². The molecule has 0 aliphatic rings. The summed E-state index contributed by atoms with van der Waals surface area (Å²) in [6.45, 7) is 5.88. The van der Waals surface area contributed by atoms with Crippen LogP contribution in [-0.2, 0) is 29.8 Å². The van der Waals surface area contributed by atoms with Crippen molar-refractivity contribution in [2.45, 2.75) is 39.5 Å². The minimum atomic E-state index is -1.08. The van der Waals surface area contributed by atoms with Crippen molar-refractivity contribution in [1.29, 1.82) is 0 Å². The molecule has 3 rings (SSSR count). The van der Waals surface area contributed by atoms with Crippen LogP contribution in [0.5, 0.6) is 0 Å². The number of hydrogen-bond donors (Lipinski definition) is 1. The van der Waals surface area contributed by atoms with E-state index in [1.165, 1.54) is 9.58 Å². The van der Waals surface area contributed by atoms with E-state index < -0.39 is 11.6 Å². The fourth-order valence-electron chi connectivity index (χ4n) is 3.19. The van der Waals surface area contributed by atoms with Gasteiger partial charge in [0, 0.05) is 25.3 Å². The fraction of sp³-hybridized carbons (Fsp3) is 0.364. The van der Waals surface area contributed by atoms with Crippen LogP contribution in [0.4, 0.5) is 10.6 Å². The molecule has 0 radical (unpaired) electrons. The molecular formula is C22H27N7O4. The number of nitrogens with zero attached hydrogens (tertiary/aromatic N) is 7. The van der Waals surface area contributed by atoms with E-state index >= 15 is 0 Å². The molecule has 33 heavy (non-hydrogen) atoms. The number of pyridine rings is 1. The van der Waals surface area contributed by atoms with Gasteiger partial charge in [-0.2, -0.15) is 0 Å². The van der Waals surface area contributed by atoms with E-state index in [0.29, 0.717) is 29.7 Å². The van der Waals surface area contributed by atoms with Crippen LogP contribution in [0.3, 0.4) is 0 Å². The molecule has 11 nitrogen and oxygen atoms in total. The summed E-state index contributed by atoms with van der Waals surface area (Å²) < 4.78 is 6.71. The third-order valence-corrected chi connectivity index (χ3v) is 4.59. The Hall–Kier alpha value is -3.86. The standard InChI is InChI=1S/C22H27N7O4/c1-22(2,3)29(21(30)31)18-11-7-10-17(23-18)14-33-25-19(20-24-26-27-28(20)4)16-9-6-8-15(12-16)13-32-5/h6-12H,13-14H2,1-5H3,(H,30,31)/b25-19+. The molecule has 1 amide bonds. The van der Waals surface area contributed by atoms with Crippen molar-refractivity contribution in [3.8, 4) is 0 Å². The summed E-state index contributed by atoms with van der Waals surface area (Å²) in [5.74, 6) is 0.737. The number of hydrogen-bond acceptors (Lipinski definition) is 8. The Morgan fingerprint density at radius 1 is 1.18 bits per heavy atom. The summed E-state index contributed by atoms with van der Waals surface area (Å²) >= 11 is 0. The van der Waals surface area contributed by atoms with Crippen molar-refractivity contribution in [3.05, 3.63) is 65.1 Å². The van der Waals surface area contributed by atoms with Gasteiger partial charge in [0.15, 0.2) is 12.3 Å². The Bertz CT molecular complexity index is 1140. The number of carboxylic acid groups (broad SMARTS) is 1. The maximum Gasteiger partial charge on any atom is 0.413 e. The normalized spacial score (nSPS) is 12.0. The first-order chi connectivity index (χ1) is 15.7. The predicted molar refractivity (Wildman–Crippen MR) is 121 cm³/mol. The lowest BCUT2D eigenvalue weighted by Crippen LogP contribution is -2.45. The second kappa shape index (κ2) is 10.2. The van der Waals surface area contributed by atoms with Crippen LogP contribution in [-0.4, -0.2) is 54.8 Å². The highest BCUT2D eigenvalue weighted by Crippen LogP contribution is 2.22. The van der Waals surface area contributed by atoms with Crippen LogP contribution < -0.4 is 4.90 Å².